The molecular weight excluding hydrogens is 535 g/mol. The maximum atomic E-state index is 4.70. The summed E-state index contributed by atoms with van der Waals surface area (Å²) in [6.45, 7) is 7.51. The predicted molar refractivity (Wildman–Crippen MR) is 151 cm³/mol. The Hall–Kier alpha value is -1.87. The molecule has 184 valence electrons. The SMILES string of the molecule is CN=C(NCc1ccc(N2CCCC2)nc1)N1CCC2C(CCCN2Cc2ccccc2)C1.I. The highest BCUT2D eigenvalue weighted by molar-refractivity contribution is 14.0. The second kappa shape index (κ2) is 12.2. The third-order valence-electron chi connectivity index (χ3n) is 7.61. The Morgan fingerprint density at radius 3 is 2.53 bits per heavy atom. The number of nitrogens with one attached hydrogen (secondary N) is 1. The zero-order valence-electron chi connectivity index (χ0n) is 20.4. The number of halogens is 1. The highest BCUT2D eigenvalue weighted by Crippen LogP contribution is 2.31. The first kappa shape index (κ1) is 25.2. The van der Waals surface area contributed by atoms with Crippen LogP contribution in [0.3, 0.4) is 0 Å². The topological polar surface area (TPSA) is 47.0 Å². The Bertz CT molecular complexity index is 912. The molecule has 3 fully saturated rings. The largest absolute Gasteiger partial charge is 0.357 e. The van der Waals surface area contributed by atoms with Crippen molar-refractivity contribution < 1.29 is 0 Å². The van der Waals surface area contributed by atoms with Crippen molar-refractivity contribution in [3.8, 4) is 0 Å². The lowest BCUT2D eigenvalue weighted by atomic mass is 9.83. The zero-order chi connectivity index (χ0) is 22.5. The fraction of sp³-hybridized carbons (Fsp3) is 0.556. The first-order valence-corrected chi connectivity index (χ1v) is 12.7. The summed E-state index contributed by atoms with van der Waals surface area (Å²) in [4.78, 5) is 16.9. The van der Waals surface area contributed by atoms with Gasteiger partial charge in [0.2, 0.25) is 0 Å². The number of likely N-dealkylation sites (tertiary alicyclic amines) is 2. The van der Waals surface area contributed by atoms with Crippen molar-refractivity contribution >= 4 is 35.8 Å². The van der Waals surface area contributed by atoms with Gasteiger partial charge in [0.25, 0.3) is 0 Å². The summed E-state index contributed by atoms with van der Waals surface area (Å²) >= 11 is 0. The number of benzene rings is 1. The Kier molecular flexibility index (Phi) is 9.05. The van der Waals surface area contributed by atoms with Crippen molar-refractivity contribution in [2.45, 2.75) is 51.2 Å². The van der Waals surface area contributed by atoms with E-state index in [2.05, 4.69) is 67.5 Å². The molecule has 0 radical (unpaired) electrons. The van der Waals surface area contributed by atoms with Gasteiger partial charge in [-0.3, -0.25) is 9.89 Å². The van der Waals surface area contributed by atoms with Crippen molar-refractivity contribution in [1.82, 2.24) is 20.1 Å². The van der Waals surface area contributed by atoms with Gasteiger partial charge in [0.1, 0.15) is 5.82 Å². The van der Waals surface area contributed by atoms with Crippen LogP contribution < -0.4 is 10.2 Å². The molecule has 1 aromatic heterocycles. The average Bonchev–Trinajstić information content (AvgIpc) is 3.41. The number of hydrogen-bond acceptors (Lipinski definition) is 4. The summed E-state index contributed by atoms with van der Waals surface area (Å²) in [5.74, 6) is 2.86. The van der Waals surface area contributed by atoms with E-state index >= 15 is 0 Å². The second-order valence-corrected chi connectivity index (χ2v) is 9.78. The molecule has 0 bridgehead atoms. The molecule has 0 saturated carbocycles. The van der Waals surface area contributed by atoms with Crippen LogP contribution >= 0.6 is 24.0 Å². The van der Waals surface area contributed by atoms with Crippen molar-refractivity contribution in [3.05, 3.63) is 59.8 Å². The van der Waals surface area contributed by atoms with Gasteiger partial charge in [0, 0.05) is 58.6 Å². The first-order chi connectivity index (χ1) is 16.3. The summed E-state index contributed by atoms with van der Waals surface area (Å²) in [6, 6.07) is 16.0. The molecule has 34 heavy (non-hydrogen) atoms. The molecule has 2 unspecified atom stereocenters. The molecule has 3 saturated heterocycles. The van der Waals surface area contributed by atoms with Gasteiger partial charge in [-0.2, -0.15) is 0 Å². The van der Waals surface area contributed by atoms with Crippen molar-refractivity contribution in [3.63, 3.8) is 0 Å². The number of fused-ring (bicyclic) bond motifs is 1. The van der Waals surface area contributed by atoms with E-state index in [4.69, 9.17) is 4.98 Å². The van der Waals surface area contributed by atoms with Crippen LogP contribution in [-0.2, 0) is 13.1 Å². The lowest BCUT2D eigenvalue weighted by Crippen LogP contribution is -2.56. The van der Waals surface area contributed by atoms with Gasteiger partial charge in [0.05, 0.1) is 0 Å². The van der Waals surface area contributed by atoms with Gasteiger partial charge in [-0.25, -0.2) is 4.98 Å². The van der Waals surface area contributed by atoms with Gasteiger partial charge < -0.3 is 15.1 Å². The Morgan fingerprint density at radius 2 is 1.79 bits per heavy atom. The molecule has 2 aromatic rings. The number of nitrogens with zero attached hydrogens (tertiary/aromatic N) is 5. The number of hydrogen-bond donors (Lipinski definition) is 1. The lowest BCUT2D eigenvalue weighted by molar-refractivity contribution is 0.0372. The number of rotatable bonds is 5. The van der Waals surface area contributed by atoms with Gasteiger partial charge in [-0.05, 0) is 61.8 Å². The quantitative estimate of drug-likeness (QED) is 0.327. The molecule has 7 heteroatoms. The van der Waals surface area contributed by atoms with E-state index in [1.807, 2.05) is 13.2 Å². The molecule has 0 spiro atoms. The maximum Gasteiger partial charge on any atom is 0.193 e. The molecule has 0 amide bonds. The number of piperidine rings is 2. The van der Waals surface area contributed by atoms with Crippen molar-refractivity contribution in [1.29, 1.82) is 0 Å². The van der Waals surface area contributed by atoms with E-state index in [1.54, 1.807) is 0 Å². The van der Waals surface area contributed by atoms with Gasteiger partial charge in [-0.15, -0.1) is 24.0 Å². The van der Waals surface area contributed by atoms with E-state index in [9.17, 15) is 0 Å². The summed E-state index contributed by atoms with van der Waals surface area (Å²) in [7, 11) is 1.91. The molecule has 1 N–H and O–H groups in total. The molecule has 2 atom stereocenters. The summed E-state index contributed by atoms with van der Waals surface area (Å²) < 4.78 is 0. The summed E-state index contributed by atoms with van der Waals surface area (Å²) in [6.07, 6.45) is 8.41. The van der Waals surface area contributed by atoms with Crippen LogP contribution in [0.4, 0.5) is 5.82 Å². The lowest BCUT2D eigenvalue weighted by Gasteiger charge is -2.48. The van der Waals surface area contributed by atoms with E-state index < -0.39 is 0 Å². The van der Waals surface area contributed by atoms with Crippen molar-refractivity contribution in [2.75, 3.05) is 44.7 Å². The third kappa shape index (κ3) is 6.03. The average molecular weight is 575 g/mol. The van der Waals surface area contributed by atoms with Gasteiger partial charge in [-0.1, -0.05) is 36.4 Å². The van der Waals surface area contributed by atoms with E-state index in [0.717, 1.165) is 57.0 Å². The Balaban J connectivity index is 0.00000274. The molecule has 5 rings (SSSR count). The second-order valence-electron chi connectivity index (χ2n) is 9.78. The smallest absolute Gasteiger partial charge is 0.193 e. The molecule has 3 aliphatic heterocycles. The van der Waals surface area contributed by atoms with Crippen LogP contribution in [0.5, 0.6) is 0 Å². The van der Waals surface area contributed by atoms with Crippen LogP contribution in [0, 0.1) is 5.92 Å². The molecule has 0 aliphatic carbocycles. The highest BCUT2D eigenvalue weighted by Gasteiger charge is 2.36. The molecular formula is C27H39IN6. The number of aromatic nitrogens is 1. The highest BCUT2D eigenvalue weighted by atomic mass is 127. The molecule has 3 aliphatic rings. The van der Waals surface area contributed by atoms with Gasteiger partial charge >= 0.3 is 0 Å². The zero-order valence-corrected chi connectivity index (χ0v) is 22.7. The summed E-state index contributed by atoms with van der Waals surface area (Å²) in [5.41, 5.74) is 2.64. The van der Waals surface area contributed by atoms with E-state index in [1.165, 1.54) is 49.8 Å². The standard InChI is InChI=1S/C27H38N6.HI/c1-28-27(30-19-23-11-12-26(29-18-23)31-14-5-6-15-31)33-17-13-25-24(21-33)10-7-16-32(25)20-22-8-3-2-4-9-22;/h2-4,8-9,11-12,18,24-25H,5-7,10,13-17,19-21H2,1H3,(H,28,30);1H. The fourth-order valence-electron chi connectivity index (χ4n) is 5.88. The van der Waals surface area contributed by atoms with Crippen LogP contribution in [0.2, 0.25) is 0 Å². The van der Waals surface area contributed by atoms with Crippen LogP contribution in [0.15, 0.2) is 53.7 Å². The first-order valence-electron chi connectivity index (χ1n) is 12.7. The normalized spacial score (nSPS) is 23.4. The number of anilines is 1. The number of pyridine rings is 1. The van der Waals surface area contributed by atoms with E-state index in [-0.39, 0.29) is 24.0 Å². The van der Waals surface area contributed by atoms with Crippen LogP contribution in [0.25, 0.3) is 0 Å². The minimum Gasteiger partial charge on any atom is -0.357 e. The Morgan fingerprint density at radius 1 is 0.971 bits per heavy atom. The fourth-order valence-corrected chi connectivity index (χ4v) is 5.88. The molecule has 1 aromatic carbocycles. The summed E-state index contributed by atoms with van der Waals surface area (Å²) in [5, 5.41) is 3.60. The van der Waals surface area contributed by atoms with Crippen molar-refractivity contribution in [2.24, 2.45) is 10.9 Å². The van der Waals surface area contributed by atoms with Crippen LogP contribution in [-0.4, -0.2) is 66.6 Å². The monoisotopic (exact) mass is 574 g/mol. The van der Waals surface area contributed by atoms with E-state index in [0.29, 0.717) is 6.04 Å². The molecule has 6 nitrogen and oxygen atoms in total. The number of guanidine groups is 1. The predicted octanol–water partition coefficient (Wildman–Crippen LogP) is 4.36. The number of aliphatic imine (C=N–C) groups is 1. The third-order valence-corrected chi connectivity index (χ3v) is 7.61. The Labute approximate surface area is 221 Å². The van der Waals surface area contributed by atoms with Gasteiger partial charge in [0.15, 0.2) is 5.96 Å². The van der Waals surface area contributed by atoms with Crippen LogP contribution in [0.1, 0.15) is 43.2 Å². The minimum atomic E-state index is 0. The minimum absolute atomic E-state index is 0. The molecule has 4 heterocycles. The maximum absolute atomic E-state index is 4.70.